The van der Waals surface area contributed by atoms with Gasteiger partial charge in [0.1, 0.15) is 23.7 Å². The van der Waals surface area contributed by atoms with E-state index in [0.29, 0.717) is 11.4 Å². The van der Waals surface area contributed by atoms with Gasteiger partial charge in [0.15, 0.2) is 5.82 Å². The lowest BCUT2D eigenvalue weighted by atomic mass is 10.3. The van der Waals surface area contributed by atoms with Crippen LogP contribution in [-0.4, -0.2) is 52.1 Å². The van der Waals surface area contributed by atoms with E-state index in [1.165, 1.54) is 5.01 Å². The molecule has 0 aromatic carbocycles. The van der Waals surface area contributed by atoms with Gasteiger partial charge in [0.25, 0.3) is 12.2 Å². The Morgan fingerprint density at radius 2 is 2.17 bits per heavy atom. The van der Waals surface area contributed by atoms with E-state index in [4.69, 9.17) is 5.41 Å². The predicted molar refractivity (Wildman–Crippen MR) is 104 cm³/mol. The zero-order chi connectivity index (χ0) is 21.6. The molecule has 1 aromatic rings. The van der Waals surface area contributed by atoms with Crippen molar-refractivity contribution in [3.05, 3.63) is 33.3 Å². The molecular weight excluding hydrogens is 382 g/mol. The quantitative estimate of drug-likeness (QED) is 0.239. The van der Waals surface area contributed by atoms with E-state index in [1.54, 1.807) is 20.9 Å². The number of nitrogens with one attached hydrogen (secondary N) is 2. The largest absolute Gasteiger partial charge is 0.290 e. The summed E-state index contributed by atoms with van der Waals surface area (Å²) in [4.78, 5) is 29.0. The minimum atomic E-state index is -1.44. The third-order valence-corrected chi connectivity index (χ3v) is 3.41. The summed E-state index contributed by atoms with van der Waals surface area (Å²) in [7, 11) is 1.55. The number of aromatic nitrogens is 2. The summed E-state index contributed by atoms with van der Waals surface area (Å²) in [5.41, 5.74) is 0.912. The third-order valence-electron chi connectivity index (χ3n) is 3.41. The van der Waals surface area contributed by atoms with E-state index in [-0.39, 0.29) is 23.0 Å². The number of aliphatic imine (C=N–C) groups is 2. The fourth-order valence-electron chi connectivity index (χ4n) is 2.00. The van der Waals surface area contributed by atoms with Crippen LogP contribution in [0, 0.1) is 33.5 Å². The van der Waals surface area contributed by atoms with Crippen LogP contribution in [-0.2, 0) is 0 Å². The summed E-state index contributed by atoms with van der Waals surface area (Å²) >= 11 is 0. The number of hydrogen-bond donors (Lipinski definition) is 2. The molecule has 148 valence electrons. The molecule has 15 nitrogen and oxygen atoms in total. The van der Waals surface area contributed by atoms with Crippen LogP contribution in [0.4, 0.5) is 5.82 Å². The Morgan fingerprint density at radius 1 is 1.45 bits per heavy atom. The maximum atomic E-state index is 10.8. The van der Waals surface area contributed by atoms with Gasteiger partial charge < -0.3 is 0 Å². The predicted octanol–water partition coefficient (Wildman–Crippen LogP) is 1.56. The van der Waals surface area contributed by atoms with E-state index < -0.39 is 12.2 Å². The Labute approximate surface area is 163 Å². The van der Waals surface area contributed by atoms with E-state index >= 15 is 0 Å². The molecule has 15 heteroatoms. The molecule has 29 heavy (non-hydrogen) atoms. The molecule has 0 saturated heterocycles. The van der Waals surface area contributed by atoms with Gasteiger partial charge in [0.05, 0.1) is 11.4 Å². The second-order valence-corrected chi connectivity index (χ2v) is 5.42. The van der Waals surface area contributed by atoms with E-state index in [1.807, 2.05) is 6.07 Å². The molecule has 1 aromatic heterocycles. The van der Waals surface area contributed by atoms with Crippen molar-refractivity contribution in [1.82, 2.24) is 20.1 Å². The minimum Gasteiger partial charge on any atom is -0.290 e. The van der Waals surface area contributed by atoms with E-state index in [9.17, 15) is 15.1 Å². The Balaban J connectivity index is 2.47. The van der Waals surface area contributed by atoms with Crippen LogP contribution in [0.5, 0.6) is 0 Å². The molecule has 2 N–H and O–H groups in total. The monoisotopic (exact) mass is 397 g/mol. The highest BCUT2D eigenvalue weighted by Gasteiger charge is 2.24. The first-order chi connectivity index (χ1) is 13.8. The van der Waals surface area contributed by atoms with Gasteiger partial charge in [-0.05, 0) is 19.0 Å². The maximum Gasteiger partial charge on any atom is 0.280 e. The topological polar surface area (TPSA) is 201 Å². The van der Waals surface area contributed by atoms with E-state index in [0.717, 1.165) is 11.0 Å². The minimum absolute atomic E-state index is 0.0394. The molecule has 2 heterocycles. The number of aryl methyl sites for hydroxylation is 1. The standard InChI is InChI=1S/C14H15N13O2/c1-7(8(2)22-26(4)6-16)20-21-11-10(5-15)9(3)23-27(11)14-18-12(24-28)17-13(19-14)25-29/h6,12,16H,1H2,2-4H3,(H,17,18,19)/b16-6?,21-20?,22-8-. The highest BCUT2D eigenvalue weighted by atomic mass is 16.3. The molecule has 1 atom stereocenters. The fraction of sp³-hybridized carbons (Fsp3) is 0.286. The van der Waals surface area contributed by atoms with Gasteiger partial charge in [0.2, 0.25) is 5.96 Å². The van der Waals surface area contributed by atoms with Crippen molar-refractivity contribution in [3.8, 4) is 6.07 Å². The lowest BCUT2D eigenvalue weighted by molar-refractivity contribution is 0.557. The van der Waals surface area contributed by atoms with Gasteiger partial charge in [-0.1, -0.05) is 6.58 Å². The number of guanidine groups is 1. The number of nitriles is 1. The van der Waals surface area contributed by atoms with Crippen molar-refractivity contribution in [2.24, 2.45) is 35.7 Å². The normalized spacial score (nSPS) is 16.3. The van der Waals surface area contributed by atoms with Crippen LogP contribution in [0.1, 0.15) is 18.2 Å². The fourth-order valence-corrected chi connectivity index (χ4v) is 2.00. The van der Waals surface area contributed by atoms with Crippen molar-refractivity contribution in [3.63, 3.8) is 0 Å². The van der Waals surface area contributed by atoms with Crippen LogP contribution in [0.2, 0.25) is 0 Å². The molecule has 1 aliphatic rings. The van der Waals surface area contributed by atoms with Crippen molar-refractivity contribution in [1.29, 1.82) is 10.7 Å². The lowest BCUT2D eigenvalue weighted by Crippen LogP contribution is -2.39. The molecule has 0 amide bonds. The average Bonchev–Trinajstić information content (AvgIpc) is 3.06. The summed E-state index contributed by atoms with van der Waals surface area (Å²) in [6, 6.07) is 1.95. The van der Waals surface area contributed by atoms with Crippen LogP contribution < -0.4 is 5.32 Å². The summed E-state index contributed by atoms with van der Waals surface area (Å²) in [6.07, 6.45) is -0.454. The molecule has 0 bridgehead atoms. The van der Waals surface area contributed by atoms with Gasteiger partial charge in [-0.15, -0.1) is 20.0 Å². The Morgan fingerprint density at radius 3 is 2.76 bits per heavy atom. The lowest BCUT2D eigenvalue weighted by Gasteiger charge is -2.14. The van der Waals surface area contributed by atoms with E-state index in [2.05, 4.69) is 52.7 Å². The number of nitroso groups, excluding NO2 is 2. The first kappa shape index (κ1) is 20.8. The highest BCUT2D eigenvalue weighted by Crippen LogP contribution is 2.23. The van der Waals surface area contributed by atoms with Gasteiger partial charge in [-0.25, -0.2) is 0 Å². The zero-order valence-electron chi connectivity index (χ0n) is 15.6. The Bertz CT molecular complexity index is 1020. The number of allylic oxidation sites excluding steroid dienone is 1. The number of hydrazone groups is 1. The summed E-state index contributed by atoms with van der Waals surface area (Å²) in [6.45, 7) is 6.90. The summed E-state index contributed by atoms with van der Waals surface area (Å²) in [5.74, 6) is -0.615. The van der Waals surface area contributed by atoms with Crippen molar-refractivity contribution < 1.29 is 0 Å². The van der Waals surface area contributed by atoms with Crippen LogP contribution in [0.15, 0.2) is 47.9 Å². The van der Waals surface area contributed by atoms with Crippen LogP contribution >= 0.6 is 0 Å². The second-order valence-electron chi connectivity index (χ2n) is 5.42. The molecule has 0 saturated carbocycles. The molecule has 0 spiro atoms. The summed E-state index contributed by atoms with van der Waals surface area (Å²) in [5, 5.41) is 41.6. The molecule has 2 rings (SSSR count). The van der Waals surface area contributed by atoms with Gasteiger partial charge in [-0.3, -0.25) is 15.7 Å². The molecule has 0 radical (unpaired) electrons. The van der Waals surface area contributed by atoms with Gasteiger partial charge in [-0.2, -0.15) is 30.1 Å². The average molecular weight is 397 g/mol. The Kier molecular flexibility index (Phi) is 6.42. The zero-order valence-corrected chi connectivity index (χ0v) is 15.6. The third kappa shape index (κ3) is 4.63. The summed E-state index contributed by atoms with van der Waals surface area (Å²) < 4.78 is 1.07. The van der Waals surface area contributed by atoms with Crippen LogP contribution in [0.3, 0.4) is 0 Å². The first-order valence-electron chi connectivity index (χ1n) is 7.82. The Hall–Kier alpha value is -4.48. The molecule has 1 aliphatic heterocycles. The second kappa shape index (κ2) is 8.94. The maximum absolute atomic E-state index is 10.8. The number of hydrogen-bond acceptors (Lipinski definition) is 13. The van der Waals surface area contributed by atoms with Crippen molar-refractivity contribution >= 4 is 29.8 Å². The first-order valence-corrected chi connectivity index (χ1v) is 7.82. The SMILES string of the molecule is C=C(N=Nc1c(C#N)c(C)nn1C1=NC(N=O)N=C(N=O)N1)/C(C)=N\N(C)C=N. The van der Waals surface area contributed by atoms with Gasteiger partial charge >= 0.3 is 0 Å². The van der Waals surface area contributed by atoms with Gasteiger partial charge in [0, 0.05) is 12.2 Å². The smallest absolute Gasteiger partial charge is 0.280 e. The van der Waals surface area contributed by atoms with Crippen molar-refractivity contribution in [2.45, 2.75) is 20.1 Å². The van der Waals surface area contributed by atoms with Crippen LogP contribution in [0.25, 0.3) is 0 Å². The molecule has 0 aliphatic carbocycles. The number of nitrogens with zero attached hydrogens (tertiary/aromatic N) is 11. The molecule has 1 unspecified atom stereocenters. The molecular formula is C14H15N13O2. The van der Waals surface area contributed by atoms with Crippen molar-refractivity contribution in [2.75, 3.05) is 7.05 Å². The highest BCUT2D eigenvalue weighted by molar-refractivity contribution is 6.02. The number of azo groups is 1. The molecule has 0 fully saturated rings. The number of rotatable bonds is 6.